The van der Waals surface area contributed by atoms with Crippen molar-refractivity contribution >= 4 is 23.0 Å². The summed E-state index contributed by atoms with van der Waals surface area (Å²) in [6.45, 7) is 1.77. The third-order valence-electron chi connectivity index (χ3n) is 5.65. The molecule has 1 aromatic carbocycles. The number of Topliss-reactive ketones (excluding diaryl/α,β-unsaturated/α-hetero) is 2. The van der Waals surface area contributed by atoms with E-state index in [1.807, 2.05) is 30.3 Å². The third kappa shape index (κ3) is 2.40. The largest absolute Gasteiger partial charge is 0.297 e. The summed E-state index contributed by atoms with van der Waals surface area (Å²) in [5.41, 5.74) is 1.16. The molecule has 2 saturated carbocycles. The zero-order chi connectivity index (χ0) is 18.4. The molecule has 1 aromatic heterocycles. The molecule has 1 heterocycles. The highest BCUT2D eigenvalue weighted by atomic mass is 16.2. The molecule has 0 aliphatic heterocycles. The van der Waals surface area contributed by atoms with Crippen LogP contribution in [0.15, 0.2) is 40.1 Å². The minimum Gasteiger partial charge on any atom is -0.292 e. The van der Waals surface area contributed by atoms with Crippen molar-refractivity contribution in [3.63, 3.8) is 0 Å². The minimum absolute atomic E-state index is 0.0343. The van der Waals surface area contributed by atoms with Crippen molar-refractivity contribution in [2.24, 2.45) is 23.9 Å². The molecular formula is C20H21N3O3. The molecule has 0 spiro atoms. The Labute approximate surface area is 151 Å². The number of hydrogen-bond donors (Lipinski definition) is 0. The molecule has 0 bridgehead atoms. The van der Waals surface area contributed by atoms with E-state index in [4.69, 9.17) is 0 Å². The summed E-state index contributed by atoms with van der Waals surface area (Å²) in [4.78, 5) is 42.6. The van der Waals surface area contributed by atoms with Crippen LogP contribution in [-0.4, -0.2) is 26.6 Å². The van der Waals surface area contributed by atoms with E-state index in [2.05, 4.69) is 4.99 Å². The first-order valence-corrected chi connectivity index (χ1v) is 9.02. The Morgan fingerprint density at radius 1 is 0.962 bits per heavy atom. The summed E-state index contributed by atoms with van der Waals surface area (Å²) in [5.74, 6) is -0.854. The van der Waals surface area contributed by atoms with Crippen LogP contribution >= 0.6 is 0 Å². The van der Waals surface area contributed by atoms with Gasteiger partial charge in [0.2, 0.25) is 0 Å². The second-order valence-corrected chi connectivity index (χ2v) is 7.10. The topological polar surface area (TPSA) is 73.4 Å². The summed E-state index contributed by atoms with van der Waals surface area (Å²) in [7, 11) is 1.77. The molecule has 2 aliphatic rings. The number of carbonyl (C=O) groups excluding carboxylic acids is 2. The monoisotopic (exact) mass is 351 g/mol. The quantitative estimate of drug-likeness (QED) is 0.834. The van der Waals surface area contributed by atoms with Crippen LogP contribution in [0, 0.1) is 18.8 Å². The standard InChI is InChI=1S/C20H21N3O3/c1-12-16(20(26)23(22(12)2)13-8-4-3-5-9-13)21-17-18(24)14-10-6-7-11-15(14)19(17)25/h3-5,8-9,14-15H,6-7,10-11H2,1-2H3. The van der Waals surface area contributed by atoms with Gasteiger partial charge in [-0.15, -0.1) is 0 Å². The summed E-state index contributed by atoms with van der Waals surface area (Å²) in [5, 5.41) is 0. The van der Waals surface area contributed by atoms with Gasteiger partial charge in [0.1, 0.15) is 0 Å². The molecule has 2 atom stereocenters. The van der Waals surface area contributed by atoms with E-state index in [9.17, 15) is 14.4 Å². The van der Waals surface area contributed by atoms with Gasteiger partial charge < -0.3 is 0 Å². The Kier molecular flexibility index (Phi) is 3.98. The van der Waals surface area contributed by atoms with Crippen molar-refractivity contribution in [1.29, 1.82) is 0 Å². The first-order valence-electron chi connectivity index (χ1n) is 9.02. The second-order valence-electron chi connectivity index (χ2n) is 7.10. The molecular weight excluding hydrogens is 330 g/mol. The van der Waals surface area contributed by atoms with Gasteiger partial charge in [-0.1, -0.05) is 31.0 Å². The van der Waals surface area contributed by atoms with Crippen LogP contribution < -0.4 is 5.56 Å². The molecule has 2 aliphatic carbocycles. The van der Waals surface area contributed by atoms with E-state index < -0.39 is 0 Å². The number of rotatable bonds is 2. The molecule has 6 nitrogen and oxygen atoms in total. The second kappa shape index (κ2) is 6.20. The van der Waals surface area contributed by atoms with E-state index >= 15 is 0 Å². The molecule has 4 rings (SSSR count). The molecule has 0 amide bonds. The Bertz CT molecular complexity index is 956. The molecule has 0 N–H and O–H groups in total. The van der Waals surface area contributed by atoms with Crippen LogP contribution in [-0.2, 0) is 16.6 Å². The highest BCUT2D eigenvalue weighted by Gasteiger charge is 2.47. The number of aromatic nitrogens is 2. The SMILES string of the molecule is Cc1c(N=C2C(=O)C3CCCCC3C2=O)c(=O)n(-c2ccccc2)n1C. The lowest BCUT2D eigenvalue weighted by Crippen LogP contribution is -2.21. The van der Waals surface area contributed by atoms with Gasteiger partial charge in [0.05, 0.1) is 11.4 Å². The molecule has 2 unspecified atom stereocenters. The van der Waals surface area contributed by atoms with Crippen LogP contribution in [0.3, 0.4) is 0 Å². The molecule has 2 aromatic rings. The Morgan fingerprint density at radius 3 is 2.12 bits per heavy atom. The van der Waals surface area contributed by atoms with Gasteiger partial charge in [-0.3, -0.25) is 19.1 Å². The predicted molar refractivity (Wildman–Crippen MR) is 98.3 cm³/mol. The summed E-state index contributed by atoms with van der Waals surface area (Å²) in [6, 6.07) is 9.24. The number of ketones is 2. The first-order chi connectivity index (χ1) is 12.5. The van der Waals surface area contributed by atoms with E-state index in [0.717, 1.165) is 25.7 Å². The Balaban J connectivity index is 1.83. The first kappa shape index (κ1) is 16.7. The number of carbonyl (C=O) groups is 2. The third-order valence-corrected chi connectivity index (χ3v) is 5.65. The zero-order valence-electron chi connectivity index (χ0n) is 14.9. The Morgan fingerprint density at radius 2 is 1.54 bits per heavy atom. The van der Waals surface area contributed by atoms with Crippen molar-refractivity contribution in [2.45, 2.75) is 32.6 Å². The van der Waals surface area contributed by atoms with Gasteiger partial charge >= 0.3 is 0 Å². The van der Waals surface area contributed by atoms with Crippen LogP contribution in [0.5, 0.6) is 0 Å². The summed E-state index contributed by atoms with van der Waals surface area (Å²) < 4.78 is 3.21. The molecule has 6 heteroatoms. The van der Waals surface area contributed by atoms with Crippen molar-refractivity contribution in [1.82, 2.24) is 9.36 Å². The smallest absolute Gasteiger partial charge is 0.292 e. The van der Waals surface area contributed by atoms with E-state index in [0.29, 0.717) is 11.4 Å². The van der Waals surface area contributed by atoms with Gasteiger partial charge in [0.25, 0.3) is 5.56 Å². The summed E-state index contributed by atoms with van der Waals surface area (Å²) >= 11 is 0. The zero-order valence-corrected chi connectivity index (χ0v) is 14.9. The number of hydrogen-bond acceptors (Lipinski definition) is 4. The van der Waals surface area contributed by atoms with Gasteiger partial charge in [0, 0.05) is 18.9 Å². The van der Waals surface area contributed by atoms with Crippen molar-refractivity contribution in [2.75, 3.05) is 0 Å². The fraction of sp³-hybridized carbons (Fsp3) is 0.400. The van der Waals surface area contributed by atoms with E-state index in [1.54, 1.807) is 18.7 Å². The summed E-state index contributed by atoms with van der Waals surface area (Å²) in [6.07, 6.45) is 3.43. The maximum Gasteiger partial charge on any atom is 0.297 e. The molecule has 26 heavy (non-hydrogen) atoms. The van der Waals surface area contributed by atoms with Gasteiger partial charge in [-0.2, -0.15) is 0 Å². The number of benzene rings is 1. The number of nitrogens with zero attached hydrogens (tertiary/aromatic N) is 3. The highest BCUT2D eigenvalue weighted by Crippen LogP contribution is 2.37. The molecule has 134 valence electrons. The van der Waals surface area contributed by atoms with Gasteiger partial charge in [-0.25, -0.2) is 9.67 Å². The lowest BCUT2D eigenvalue weighted by atomic mass is 9.81. The predicted octanol–water partition coefficient (Wildman–Crippen LogP) is 2.52. The average Bonchev–Trinajstić information content (AvgIpc) is 3.03. The van der Waals surface area contributed by atoms with Gasteiger partial charge in [-0.05, 0) is 31.9 Å². The maximum atomic E-state index is 12.9. The fourth-order valence-electron chi connectivity index (χ4n) is 4.14. The van der Waals surface area contributed by atoms with Crippen LogP contribution in [0.25, 0.3) is 5.69 Å². The minimum atomic E-state index is -0.320. The average molecular weight is 351 g/mol. The maximum absolute atomic E-state index is 12.9. The fourth-order valence-corrected chi connectivity index (χ4v) is 4.14. The molecule has 2 fully saturated rings. The van der Waals surface area contributed by atoms with E-state index in [1.165, 1.54) is 4.68 Å². The molecule has 0 radical (unpaired) electrons. The lowest BCUT2D eigenvalue weighted by molar-refractivity contribution is -0.120. The van der Waals surface area contributed by atoms with E-state index in [-0.39, 0.29) is 40.4 Å². The Hall–Kier alpha value is -2.76. The van der Waals surface area contributed by atoms with Crippen LogP contribution in [0.1, 0.15) is 31.4 Å². The van der Waals surface area contributed by atoms with Crippen molar-refractivity contribution < 1.29 is 9.59 Å². The number of aliphatic imine (C=N–C) groups is 1. The lowest BCUT2D eigenvalue weighted by Gasteiger charge is -2.20. The van der Waals surface area contributed by atoms with Crippen LogP contribution in [0.4, 0.5) is 5.69 Å². The number of para-hydroxylation sites is 1. The van der Waals surface area contributed by atoms with Crippen molar-refractivity contribution in [3.05, 3.63) is 46.4 Å². The van der Waals surface area contributed by atoms with Crippen molar-refractivity contribution in [3.8, 4) is 5.69 Å². The molecule has 0 saturated heterocycles. The highest BCUT2D eigenvalue weighted by molar-refractivity contribution is 6.70. The van der Waals surface area contributed by atoms with Gasteiger partial charge in [0.15, 0.2) is 23.0 Å². The normalized spacial score (nSPS) is 22.6. The van der Waals surface area contributed by atoms with Crippen LogP contribution in [0.2, 0.25) is 0 Å². The number of fused-ring (bicyclic) bond motifs is 1.